The first-order valence-electron chi connectivity index (χ1n) is 10.4. The Morgan fingerprint density at radius 1 is 1.23 bits per heavy atom. The van der Waals surface area contributed by atoms with E-state index in [2.05, 4.69) is 34.2 Å². The van der Waals surface area contributed by atoms with E-state index in [0.29, 0.717) is 12.0 Å². The molecule has 0 radical (unpaired) electrons. The van der Waals surface area contributed by atoms with Crippen molar-refractivity contribution in [2.75, 3.05) is 65.7 Å². The van der Waals surface area contributed by atoms with Crippen molar-refractivity contribution in [3.63, 3.8) is 0 Å². The summed E-state index contributed by atoms with van der Waals surface area (Å²) < 4.78 is 11.2. The Hall–Kier alpha value is -1.11. The summed E-state index contributed by atoms with van der Waals surface area (Å²) in [6, 6.07) is 0.664. The minimum absolute atomic E-state index is 0.664. The fourth-order valence-electron chi connectivity index (χ4n) is 3.97. The predicted octanol–water partition coefficient (Wildman–Crippen LogP) is 1.73. The fourth-order valence-corrected chi connectivity index (χ4v) is 3.97. The minimum atomic E-state index is 0.664. The molecule has 3 rings (SSSR count). The number of aliphatic imine (C=N–C) groups is 1. The van der Waals surface area contributed by atoms with Gasteiger partial charge in [0.2, 0.25) is 0 Å². The smallest absolute Gasteiger partial charge is 0.193 e. The number of nitrogens with zero attached hydrogens (tertiary/aromatic N) is 3. The summed E-state index contributed by atoms with van der Waals surface area (Å²) in [4.78, 5) is 9.83. The molecule has 1 unspecified atom stereocenters. The highest BCUT2D eigenvalue weighted by Crippen LogP contribution is 2.18. The normalized spacial score (nSPS) is 25.3. The van der Waals surface area contributed by atoms with Gasteiger partial charge in [-0.1, -0.05) is 12.2 Å². The van der Waals surface area contributed by atoms with E-state index in [-0.39, 0.29) is 0 Å². The third kappa shape index (κ3) is 5.96. The van der Waals surface area contributed by atoms with E-state index >= 15 is 0 Å². The Morgan fingerprint density at radius 2 is 2.04 bits per heavy atom. The zero-order valence-electron chi connectivity index (χ0n) is 16.4. The maximum absolute atomic E-state index is 5.85. The van der Waals surface area contributed by atoms with Gasteiger partial charge in [-0.3, -0.25) is 9.89 Å². The van der Waals surface area contributed by atoms with Gasteiger partial charge < -0.3 is 19.7 Å². The largest absolute Gasteiger partial charge is 0.381 e. The topological polar surface area (TPSA) is 49.3 Å². The number of ether oxygens (including phenoxy) is 2. The lowest BCUT2D eigenvalue weighted by Gasteiger charge is -2.25. The van der Waals surface area contributed by atoms with Gasteiger partial charge in [0.25, 0.3) is 0 Å². The SMILES string of the molecule is CCNC(=NCCCOCC1CCOCC1)N1CCC(N2CC=CC2)C1. The Morgan fingerprint density at radius 3 is 2.81 bits per heavy atom. The molecule has 0 spiro atoms. The highest BCUT2D eigenvalue weighted by molar-refractivity contribution is 5.80. The number of guanidine groups is 1. The lowest BCUT2D eigenvalue weighted by Crippen LogP contribution is -2.42. The molecule has 2 fully saturated rings. The van der Waals surface area contributed by atoms with Gasteiger partial charge in [0.15, 0.2) is 5.96 Å². The highest BCUT2D eigenvalue weighted by atomic mass is 16.5. The summed E-state index contributed by atoms with van der Waals surface area (Å²) in [5.74, 6) is 1.76. The monoisotopic (exact) mass is 364 g/mol. The Bertz CT molecular complexity index is 455. The van der Waals surface area contributed by atoms with Crippen LogP contribution >= 0.6 is 0 Å². The quantitative estimate of drug-likeness (QED) is 0.308. The summed E-state index contributed by atoms with van der Waals surface area (Å²) in [6.45, 7) is 11.8. The first-order valence-corrected chi connectivity index (χ1v) is 10.4. The molecule has 1 N–H and O–H groups in total. The molecule has 0 aromatic rings. The van der Waals surface area contributed by atoms with Crippen molar-refractivity contribution in [3.8, 4) is 0 Å². The number of hydrogen-bond acceptors (Lipinski definition) is 4. The summed E-state index contributed by atoms with van der Waals surface area (Å²) in [7, 11) is 0. The second kappa shape index (κ2) is 10.9. The maximum Gasteiger partial charge on any atom is 0.193 e. The van der Waals surface area contributed by atoms with E-state index < -0.39 is 0 Å². The first-order chi connectivity index (χ1) is 12.9. The van der Waals surface area contributed by atoms with Crippen LogP contribution in [0, 0.1) is 5.92 Å². The van der Waals surface area contributed by atoms with Crippen LogP contribution in [0.25, 0.3) is 0 Å². The van der Waals surface area contributed by atoms with Crippen LogP contribution in [0.4, 0.5) is 0 Å². The van der Waals surface area contributed by atoms with E-state index in [1.54, 1.807) is 0 Å². The third-order valence-electron chi connectivity index (χ3n) is 5.56. The van der Waals surface area contributed by atoms with Crippen molar-refractivity contribution in [1.82, 2.24) is 15.1 Å². The maximum atomic E-state index is 5.85. The van der Waals surface area contributed by atoms with Crippen molar-refractivity contribution in [1.29, 1.82) is 0 Å². The summed E-state index contributed by atoms with van der Waals surface area (Å²) in [6.07, 6.45) is 9.08. The molecule has 0 aliphatic carbocycles. The molecule has 148 valence electrons. The summed E-state index contributed by atoms with van der Waals surface area (Å²) in [5, 5.41) is 3.47. The molecule has 0 saturated carbocycles. The molecule has 2 saturated heterocycles. The standard InChI is InChI=1S/C20H36N4O2/c1-2-21-20(24-12-6-19(16-24)23-10-3-4-11-23)22-9-5-13-26-17-18-7-14-25-15-8-18/h3-4,18-19H,2,5-17H2,1H3,(H,21,22). The molecule has 3 aliphatic rings. The average molecular weight is 365 g/mol. The summed E-state index contributed by atoms with van der Waals surface area (Å²) in [5.41, 5.74) is 0. The molecule has 6 nitrogen and oxygen atoms in total. The average Bonchev–Trinajstić information content (AvgIpc) is 3.36. The second-order valence-electron chi connectivity index (χ2n) is 7.53. The second-order valence-corrected chi connectivity index (χ2v) is 7.53. The van der Waals surface area contributed by atoms with Crippen LogP contribution in [-0.4, -0.2) is 87.5 Å². The summed E-state index contributed by atoms with van der Waals surface area (Å²) >= 11 is 0. The molecule has 0 amide bonds. The number of nitrogens with one attached hydrogen (secondary N) is 1. The van der Waals surface area contributed by atoms with Gasteiger partial charge in [-0.25, -0.2) is 0 Å². The van der Waals surface area contributed by atoms with Gasteiger partial charge >= 0.3 is 0 Å². The molecule has 1 atom stereocenters. The van der Waals surface area contributed by atoms with E-state index in [1.165, 1.54) is 6.42 Å². The van der Waals surface area contributed by atoms with Crippen molar-refractivity contribution in [3.05, 3.63) is 12.2 Å². The van der Waals surface area contributed by atoms with Crippen LogP contribution < -0.4 is 5.32 Å². The van der Waals surface area contributed by atoms with E-state index in [0.717, 1.165) is 90.9 Å². The number of hydrogen-bond donors (Lipinski definition) is 1. The van der Waals surface area contributed by atoms with Gasteiger partial charge in [-0.05, 0) is 38.5 Å². The van der Waals surface area contributed by atoms with Crippen LogP contribution in [0.2, 0.25) is 0 Å². The Kier molecular flexibility index (Phi) is 8.24. The lowest BCUT2D eigenvalue weighted by atomic mass is 10.0. The van der Waals surface area contributed by atoms with Gasteiger partial charge in [0.1, 0.15) is 0 Å². The highest BCUT2D eigenvalue weighted by Gasteiger charge is 2.29. The van der Waals surface area contributed by atoms with Crippen molar-refractivity contribution >= 4 is 5.96 Å². The Labute approximate surface area is 158 Å². The van der Waals surface area contributed by atoms with Crippen molar-refractivity contribution in [2.45, 2.75) is 38.6 Å². The molecule has 0 bridgehead atoms. The van der Waals surface area contributed by atoms with E-state index in [9.17, 15) is 0 Å². The van der Waals surface area contributed by atoms with Crippen LogP contribution in [0.1, 0.15) is 32.6 Å². The van der Waals surface area contributed by atoms with Crippen LogP contribution in [0.15, 0.2) is 17.1 Å². The van der Waals surface area contributed by atoms with Crippen molar-refractivity contribution in [2.24, 2.45) is 10.9 Å². The fraction of sp³-hybridized carbons (Fsp3) is 0.850. The molecule has 0 aromatic heterocycles. The molecule has 3 heterocycles. The molecule has 6 heteroatoms. The molecule has 26 heavy (non-hydrogen) atoms. The van der Waals surface area contributed by atoms with Crippen LogP contribution in [0.3, 0.4) is 0 Å². The predicted molar refractivity (Wildman–Crippen MR) is 106 cm³/mol. The zero-order chi connectivity index (χ0) is 18.0. The first kappa shape index (κ1) is 19.6. The molecular formula is C20H36N4O2. The van der Waals surface area contributed by atoms with Crippen LogP contribution in [-0.2, 0) is 9.47 Å². The van der Waals surface area contributed by atoms with Crippen molar-refractivity contribution < 1.29 is 9.47 Å². The van der Waals surface area contributed by atoms with E-state index in [4.69, 9.17) is 14.5 Å². The lowest BCUT2D eigenvalue weighted by molar-refractivity contribution is 0.0205. The number of rotatable bonds is 8. The molecule has 3 aliphatic heterocycles. The Balaban J connectivity index is 1.34. The molecule has 0 aromatic carbocycles. The van der Waals surface area contributed by atoms with E-state index in [1.807, 2.05) is 0 Å². The van der Waals surface area contributed by atoms with Gasteiger partial charge in [-0.15, -0.1) is 0 Å². The zero-order valence-corrected chi connectivity index (χ0v) is 16.4. The van der Waals surface area contributed by atoms with Gasteiger partial charge in [0.05, 0.1) is 0 Å². The van der Waals surface area contributed by atoms with Crippen LogP contribution in [0.5, 0.6) is 0 Å². The van der Waals surface area contributed by atoms with Gasteiger partial charge in [-0.2, -0.15) is 0 Å². The van der Waals surface area contributed by atoms with Gasteiger partial charge in [0, 0.05) is 71.7 Å². The number of likely N-dealkylation sites (tertiary alicyclic amines) is 1. The molecular weight excluding hydrogens is 328 g/mol. The minimum Gasteiger partial charge on any atom is -0.381 e. The third-order valence-corrected chi connectivity index (χ3v) is 5.56.